The fraction of sp³-hybridized carbons (Fsp3) is 0.429. The first-order valence-electron chi connectivity index (χ1n) is 9.03. The second-order valence-electron chi connectivity index (χ2n) is 7.15. The van der Waals surface area contributed by atoms with Gasteiger partial charge in [-0.3, -0.25) is 14.7 Å². The zero-order valence-corrected chi connectivity index (χ0v) is 15.6. The Hall–Kier alpha value is -2.20. The van der Waals surface area contributed by atoms with Crippen molar-refractivity contribution in [2.45, 2.75) is 53.1 Å². The lowest BCUT2D eigenvalue weighted by atomic mass is 10.1. The van der Waals surface area contributed by atoms with Crippen molar-refractivity contribution >= 4 is 11.6 Å². The van der Waals surface area contributed by atoms with Gasteiger partial charge in [0.1, 0.15) is 0 Å². The van der Waals surface area contributed by atoms with Crippen LogP contribution < -0.4 is 5.32 Å². The van der Waals surface area contributed by atoms with Crippen LogP contribution in [0.3, 0.4) is 0 Å². The molecule has 1 unspecified atom stereocenters. The van der Waals surface area contributed by atoms with Gasteiger partial charge in [-0.2, -0.15) is 0 Å². The Morgan fingerprint density at radius 3 is 2.56 bits per heavy atom. The summed E-state index contributed by atoms with van der Waals surface area (Å²) in [6.07, 6.45) is 2.56. The molecule has 2 heterocycles. The zero-order chi connectivity index (χ0) is 18.0. The van der Waals surface area contributed by atoms with Crippen molar-refractivity contribution < 1.29 is 4.79 Å². The second-order valence-corrected chi connectivity index (χ2v) is 7.15. The zero-order valence-electron chi connectivity index (χ0n) is 15.6. The van der Waals surface area contributed by atoms with Gasteiger partial charge in [-0.05, 0) is 76.4 Å². The molecule has 0 bridgehead atoms. The van der Waals surface area contributed by atoms with E-state index in [1.165, 1.54) is 24.9 Å². The number of benzene rings is 1. The molecule has 0 aliphatic carbocycles. The van der Waals surface area contributed by atoms with Crippen LogP contribution in [0.4, 0.5) is 5.69 Å². The smallest absolute Gasteiger partial charge is 0.255 e. The van der Waals surface area contributed by atoms with Gasteiger partial charge < -0.3 is 5.32 Å². The molecule has 1 aromatic heterocycles. The Morgan fingerprint density at radius 1 is 1.24 bits per heavy atom. The summed E-state index contributed by atoms with van der Waals surface area (Å²) in [6.45, 7) is 10.3. The molecule has 1 atom stereocenters. The molecular formula is C21H27N3O. The number of aryl methyl sites for hydroxylation is 3. The number of aromatic nitrogens is 1. The van der Waals surface area contributed by atoms with E-state index >= 15 is 0 Å². The SMILES string of the molecule is Cc1cc(C)c(NC(=O)c2ccc(CN3CCCC3C)cc2)c(C)n1. The Kier molecular flexibility index (Phi) is 5.19. The van der Waals surface area contributed by atoms with Crippen LogP contribution >= 0.6 is 0 Å². The highest BCUT2D eigenvalue weighted by atomic mass is 16.1. The predicted molar refractivity (Wildman–Crippen MR) is 102 cm³/mol. The van der Waals surface area contributed by atoms with E-state index in [4.69, 9.17) is 0 Å². The van der Waals surface area contributed by atoms with Crippen molar-refractivity contribution in [3.63, 3.8) is 0 Å². The molecule has 1 aromatic carbocycles. The van der Waals surface area contributed by atoms with E-state index in [0.717, 1.165) is 29.2 Å². The summed E-state index contributed by atoms with van der Waals surface area (Å²) in [5.74, 6) is -0.0852. The molecule has 1 N–H and O–H groups in total. The average molecular weight is 337 g/mol. The monoisotopic (exact) mass is 337 g/mol. The molecule has 1 amide bonds. The van der Waals surface area contributed by atoms with Gasteiger partial charge in [0, 0.05) is 23.8 Å². The van der Waals surface area contributed by atoms with Crippen LogP contribution in [0.1, 0.15) is 52.6 Å². The van der Waals surface area contributed by atoms with Crippen molar-refractivity contribution in [3.05, 3.63) is 58.4 Å². The van der Waals surface area contributed by atoms with E-state index < -0.39 is 0 Å². The van der Waals surface area contributed by atoms with Gasteiger partial charge in [-0.15, -0.1) is 0 Å². The number of anilines is 1. The standard InChI is InChI=1S/C21H27N3O/c1-14-12-15(2)22-17(4)20(14)23-21(25)19-9-7-18(8-10-19)13-24-11-5-6-16(24)3/h7-10,12,16H,5-6,11,13H2,1-4H3,(H,23,25). The number of amides is 1. The fourth-order valence-corrected chi connectivity index (χ4v) is 3.62. The van der Waals surface area contributed by atoms with Crippen LogP contribution in [0, 0.1) is 20.8 Å². The highest BCUT2D eigenvalue weighted by molar-refractivity contribution is 6.04. The van der Waals surface area contributed by atoms with Gasteiger partial charge in [0.05, 0.1) is 11.4 Å². The third kappa shape index (κ3) is 4.07. The average Bonchev–Trinajstić information content (AvgIpc) is 2.96. The van der Waals surface area contributed by atoms with E-state index in [1.807, 2.05) is 39.0 Å². The van der Waals surface area contributed by atoms with Crippen LogP contribution in [-0.4, -0.2) is 28.4 Å². The molecule has 4 heteroatoms. The number of nitrogens with zero attached hydrogens (tertiary/aromatic N) is 2. The highest BCUT2D eigenvalue weighted by Crippen LogP contribution is 2.21. The van der Waals surface area contributed by atoms with Crippen LogP contribution in [0.5, 0.6) is 0 Å². The molecule has 2 aromatic rings. The third-order valence-corrected chi connectivity index (χ3v) is 5.06. The molecule has 4 nitrogen and oxygen atoms in total. The molecule has 1 aliphatic heterocycles. The summed E-state index contributed by atoms with van der Waals surface area (Å²) in [5.41, 5.74) is 5.61. The molecule has 1 fully saturated rings. The first kappa shape index (κ1) is 17.6. The lowest BCUT2D eigenvalue weighted by Crippen LogP contribution is -2.26. The molecule has 1 saturated heterocycles. The van der Waals surface area contributed by atoms with Gasteiger partial charge in [-0.1, -0.05) is 12.1 Å². The first-order valence-corrected chi connectivity index (χ1v) is 9.03. The maximum absolute atomic E-state index is 12.6. The van der Waals surface area contributed by atoms with Gasteiger partial charge in [-0.25, -0.2) is 0 Å². The van der Waals surface area contributed by atoms with E-state index in [-0.39, 0.29) is 5.91 Å². The summed E-state index contributed by atoms with van der Waals surface area (Å²) in [5, 5.41) is 3.01. The van der Waals surface area contributed by atoms with E-state index in [2.05, 4.69) is 34.3 Å². The third-order valence-electron chi connectivity index (χ3n) is 5.06. The number of hydrogen-bond acceptors (Lipinski definition) is 3. The largest absolute Gasteiger partial charge is 0.320 e. The van der Waals surface area contributed by atoms with Crippen LogP contribution in [0.15, 0.2) is 30.3 Å². The summed E-state index contributed by atoms with van der Waals surface area (Å²) in [4.78, 5) is 19.5. The van der Waals surface area contributed by atoms with Crippen molar-refractivity contribution in [1.29, 1.82) is 0 Å². The lowest BCUT2D eigenvalue weighted by Gasteiger charge is -2.21. The number of carbonyl (C=O) groups is 1. The fourth-order valence-electron chi connectivity index (χ4n) is 3.62. The first-order chi connectivity index (χ1) is 11.9. The normalized spacial score (nSPS) is 17.7. The van der Waals surface area contributed by atoms with Crippen molar-refractivity contribution in [2.75, 3.05) is 11.9 Å². The number of nitrogens with one attached hydrogen (secondary N) is 1. The van der Waals surface area contributed by atoms with Crippen molar-refractivity contribution in [2.24, 2.45) is 0 Å². The van der Waals surface area contributed by atoms with Crippen molar-refractivity contribution in [3.8, 4) is 0 Å². The number of hydrogen-bond donors (Lipinski definition) is 1. The van der Waals surface area contributed by atoms with E-state index in [9.17, 15) is 4.79 Å². The molecule has 0 saturated carbocycles. The highest BCUT2D eigenvalue weighted by Gasteiger charge is 2.20. The Balaban J connectivity index is 1.69. The Morgan fingerprint density at radius 2 is 1.96 bits per heavy atom. The van der Waals surface area contributed by atoms with Crippen LogP contribution in [0.2, 0.25) is 0 Å². The van der Waals surface area contributed by atoms with Gasteiger partial charge in [0.15, 0.2) is 0 Å². The Labute approximate surface area is 150 Å². The second kappa shape index (κ2) is 7.36. The number of rotatable bonds is 4. The summed E-state index contributed by atoms with van der Waals surface area (Å²) in [7, 11) is 0. The molecular weight excluding hydrogens is 310 g/mol. The van der Waals surface area contributed by atoms with Gasteiger partial charge in [0.2, 0.25) is 0 Å². The molecule has 25 heavy (non-hydrogen) atoms. The predicted octanol–water partition coefficient (Wildman–Crippen LogP) is 4.24. The number of carbonyl (C=O) groups excluding carboxylic acids is 1. The molecule has 0 spiro atoms. The molecule has 0 radical (unpaired) electrons. The maximum Gasteiger partial charge on any atom is 0.255 e. The van der Waals surface area contributed by atoms with Gasteiger partial charge >= 0.3 is 0 Å². The quantitative estimate of drug-likeness (QED) is 0.907. The number of pyridine rings is 1. The van der Waals surface area contributed by atoms with Crippen molar-refractivity contribution in [1.82, 2.24) is 9.88 Å². The topological polar surface area (TPSA) is 45.2 Å². The molecule has 3 rings (SSSR count). The molecule has 1 aliphatic rings. The van der Waals surface area contributed by atoms with Crippen LogP contribution in [0.25, 0.3) is 0 Å². The summed E-state index contributed by atoms with van der Waals surface area (Å²) in [6, 6.07) is 10.6. The van der Waals surface area contributed by atoms with E-state index in [1.54, 1.807) is 0 Å². The summed E-state index contributed by atoms with van der Waals surface area (Å²) >= 11 is 0. The number of likely N-dealkylation sites (tertiary alicyclic amines) is 1. The molecule has 132 valence electrons. The summed E-state index contributed by atoms with van der Waals surface area (Å²) < 4.78 is 0. The van der Waals surface area contributed by atoms with Crippen LogP contribution in [-0.2, 0) is 6.54 Å². The van der Waals surface area contributed by atoms with Gasteiger partial charge in [0.25, 0.3) is 5.91 Å². The minimum Gasteiger partial charge on any atom is -0.320 e. The van der Waals surface area contributed by atoms with E-state index in [0.29, 0.717) is 11.6 Å². The minimum atomic E-state index is -0.0852. The minimum absolute atomic E-state index is 0.0852. The lowest BCUT2D eigenvalue weighted by molar-refractivity contribution is 0.102. The Bertz CT molecular complexity index is 744. The maximum atomic E-state index is 12.6.